The van der Waals surface area contributed by atoms with Crippen LogP contribution >= 0.6 is 11.6 Å². The van der Waals surface area contributed by atoms with E-state index in [4.69, 9.17) is 16.3 Å². The maximum absolute atomic E-state index is 13.0. The van der Waals surface area contributed by atoms with E-state index >= 15 is 0 Å². The molecule has 226 valence electrons. The zero-order chi connectivity index (χ0) is 30.0. The van der Waals surface area contributed by atoms with Crippen molar-refractivity contribution < 1.29 is 17.9 Å². The Bertz CT molecular complexity index is 1540. The third-order valence-corrected chi connectivity index (χ3v) is 9.83. The highest BCUT2D eigenvalue weighted by Gasteiger charge is 2.36. The van der Waals surface area contributed by atoms with Gasteiger partial charge in [0, 0.05) is 18.8 Å². The largest absolute Gasteiger partial charge is 0.477 e. The topological polar surface area (TPSA) is 128 Å². The fourth-order valence-corrected chi connectivity index (χ4v) is 6.67. The van der Waals surface area contributed by atoms with Crippen LogP contribution in [0, 0.1) is 16.7 Å². The maximum atomic E-state index is 13.0. The monoisotopic (exact) mass is 614 g/mol. The summed E-state index contributed by atoms with van der Waals surface area (Å²) < 4.78 is 35.2. The van der Waals surface area contributed by atoms with Crippen molar-refractivity contribution in [3.63, 3.8) is 0 Å². The first-order valence-corrected chi connectivity index (χ1v) is 16.4. The molecule has 0 aliphatic heterocycles. The molecular formula is C30H39ClN6O4S. The van der Waals surface area contributed by atoms with Crippen molar-refractivity contribution >= 4 is 33.3 Å². The normalized spacial score (nSPS) is 18.9. The molecule has 1 amide bonds. The number of sulfonamides is 1. The number of hydrogen-bond acceptors (Lipinski definition) is 8. The van der Waals surface area contributed by atoms with Crippen LogP contribution in [0.25, 0.3) is 5.82 Å². The molecular weight excluding hydrogens is 576 g/mol. The van der Waals surface area contributed by atoms with Crippen molar-refractivity contribution in [1.82, 2.24) is 24.5 Å². The quantitative estimate of drug-likeness (QED) is 0.177. The molecule has 0 aromatic carbocycles. The maximum Gasteiger partial charge on any atom is 0.281 e. The highest BCUT2D eigenvalue weighted by atomic mass is 35.5. The second kappa shape index (κ2) is 12.2. The van der Waals surface area contributed by atoms with Crippen LogP contribution in [-0.4, -0.2) is 47.2 Å². The number of hydrogen-bond donors (Lipinski definition) is 2. The van der Waals surface area contributed by atoms with E-state index in [1.54, 1.807) is 24.4 Å². The van der Waals surface area contributed by atoms with Gasteiger partial charge in [-0.1, -0.05) is 38.4 Å². The number of nitrogens with zero attached hydrogens (tertiary/aromatic N) is 4. The molecule has 42 heavy (non-hydrogen) atoms. The number of pyridine rings is 2. The summed E-state index contributed by atoms with van der Waals surface area (Å²) in [6.45, 7) is 8.17. The first-order valence-electron chi connectivity index (χ1n) is 14.6. The fourth-order valence-electron chi connectivity index (χ4n) is 5.50. The molecule has 10 nitrogen and oxygen atoms in total. The SMILES string of the molecule is CC1(C)CCC(CCNc2cccc(S(=O)(=O)NC(=O)c3ccc(-n4ccc(OCCCC5(C)CC5)n4)nc3Cl)n2)C1. The van der Waals surface area contributed by atoms with Gasteiger partial charge in [0.15, 0.2) is 10.8 Å². The van der Waals surface area contributed by atoms with Crippen molar-refractivity contribution in [1.29, 1.82) is 0 Å². The van der Waals surface area contributed by atoms with Crippen LogP contribution in [0.2, 0.25) is 5.15 Å². The van der Waals surface area contributed by atoms with Gasteiger partial charge >= 0.3 is 0 Å². The smallest absolute Gasteiger partial charge is 0.281 e. The number of nitrogens with one attached hydrogen (secondary N) is 2. The Balaban J connectivity index is 1.15. The molecule has 0 bridgehead atoms. The predicted molar refractivity (Wildman–Crippen MR) is 162 cm³/mol. The Kier molecular flexibility index (Phi) is 8.80. The van der Waals surface area contributed by atoms with Crippen molar-refractivity contribution in [3.05, 3.63) is 53.3 Å². The van der Waals surface area contributed by atoms with Crippen LogP contribution in [-0.2, 0) is 10.0 Å². The standard InChI is InChI=1S/C30H39ClN6O4S/c1-29(2)14-10-21(20-29)11-17-32-23-6-4-7-26(33-23)42(39,40)36-28(38)22-8-9-24(34-27(22)31)37-18-12-25(35-37)41-19-5-13-30(3)15-16-30/h4,6-9,12,18,21H,5,10-11,13-17,19-20H2,1-3H3,(H,32,33)(H,36,38). The summed E-state index contributed by atoms with van der Waals surface area (Å²) >= 11 is 6.30. The van der Waals surface area contributed by atoms with E-state index in [-0.39, 0.29) is 15.7 Å². The molecule has 0 radical (unpaired) electrons. The molecule has 2 aliphatic rings. The van der Waals surface area contributed by atoms with E-state index < -0.39 is 15.9 Å². The summed E-state index contributed by atoms with van der Waals surface area (Å²) in [5.74, 6) is 1.01. The van der Waals surface area contributed by atoms with Gasteiger partial charge in [-0.15, -0.1) is 5.10 Å². The van der Waals surface area contributed by atoms with Crippen LogP contribution in [0.5, 0.6) is 5.88 Å². The molecule has 2 N–H and O–H groups in total. The lowest BCUT2D eigenvalue weighted by atomic mass is 9.90. The summed E-state index contributed by atoms with van der Waals surface area (Å²) in [6.07, 6.45) is 11.0. The lowest BCUT2D eigenvalue weighted by Gasteiger charge is -2.17. The number of anilines is 1. The number of ether oxygens (including phenoxy) is 1. The number of amides is 1. The lowest BCUT2D eigenvalue weighted by Crippen LogP contribution is -2.31. The average molecular weight is 615 g/mol. The number of rotatable bonds is 13. The Morgan fingerprint density at radius 1 is 1.12 bits per heavy atom. The highest BCUT2D eigenvalue weighted by Crippen LogP contribution is 2.48. The summed E-state index contributed by atoms with van der Waals surface area (Å²) in [6, 6.07) is 9.31. The first-order chi connectivity index (χ1) is 19.9. The van der Waals surface area contributed by atoms with Gasteiger partial charge < -0.3 is 10.1 Å². The molecule has 0 spiro atoms. The second-order valence-corrected chi connectivity index (χ2v) is 14.6. The van der Waals surface area contributed by atoms with Crippen molar-refractivity contribution in [3.8, 4) is 11.7 Å². The first kappa shape index (κ1) is 30.3. The molecule has 1 unspecified atom stereocenters. The number of carbonyl (C=O) groups excluding carboxylic acids is 1. The molecule has 12 heteroatoms. The zero-order valence-electron chi connectivity index (χ0n) is 24.4. The number of halogens is 1. The summed E-state index contributed by atoms with van der Waals surface area (Å²) in [5.41, 5.74) is 0.786. The van der Waals surface area contributed by atoms with Crippen LogP contribution in [0.3, 0.4) is 0 Å². The average Bonchev–Trinajstić information content (AvgIpc) is 3.31. The number of aromatic nitrogens is 4. The van der Waals surface area contributed by atoms with Gasteiger partial charge in [-0.2, -0.15) is 8.42 Å². The zero-order valence-corrected chi connectivity index (χ0v) is 26.0. The van der Waals surface area contributed by atoms with E-state index in [0.29, 0.717) is 47.4 Å². The Morgan fingerprint density at radius 2 is 1.93 bits per heavy atom. The van der Waals surface area contributed by atoms with Crippen LogP contribution in [0.1, 0.15) is 82.5 Å². The third kappa shape index (κ3) is 7.80. The highest BCUT2D eigenvalue weighted by molar-refractivity contribution is 7.90. The van der Waals surface area contributed by atoms with Gasteiger partial charge in [0.1, 0.15) is 11.0 Å². The molecule has 3 heterocycles. The van der Waals surface area contributed by atoms with Gasteiger partial charge in [-0.25, -0.2) is 19.4 Å². The Labute approximate surface area is 252 Å². The van der Waals surface area contributed by atoms with Gasteiger partial charge in [0.2, 0.25) is 5.88 Å². The molecule has 2 saturated carbocycles. The molecule has 3 aromatic rings. The number of carbonyl (C=O) groups is 1. The third-order valence-electron chi connectivity index (χ3n) is 8.31. The van der Waals surface area contributed by atoms with E-state index in [0.717, 1.165) is 19.3 Å². The van der Waals surface area contributed by atoms with Crippen LogP contribution in [0.15, 0.2) is 47.6 Å². The minimum absolute atomic E-state index is 0.0880. The van der Waals surface area contributed by atoms with Gasteiger partial charge in [0.05, 0.1) is 12.2 Å². The summed E-state index contributed by atoms with van der Waals surface area (Å²) in [7, 11) is -4.25. The van der Waals surface area contributed by atoms with Crippen molar-refractivity contribution in [2.45, 2.75) is 77.2 Å². The molecule has 2 fully saturated rings. The minimum atomic E-state index is -4.25. The Morgan fingerprint density at radius 3 is 2.64 bits per heavy atom. The lowest BCUT2D eigenvalue weighted by molar-refractivity contribution is 0.0981. The summed E-state index contributed by atoms with van der Waals surface area (Å²) in [4.78, 5) is 21.3. The van der Waals surface area contributed by atoms with Crippen molar-refractivity contribution in [2.24, 2.45) is 16.7 Å². The molecule has 2 aliphatic carbocycles. The van der Waals surface area contributed by atoms with Crippen molar-refractivity contribution in [2.75, 3.05) is 18.5 Å². The molecule has 0 saturated heterocycles. The Hall–Kier alpha value is -3.18. The van der Waals surface area contributed by atoms with E-state index in [9.17, 15) is 13.2 Å². The van der Waals surface area contributed by atoms with E-state index in [1.807, 2.05) is 4.72 Å². The van der Waals surface area contributed by atoms with E-state index in [2.05, 4.69) is 41.2 Å². The van der Waals surface area contributed by atoms with Crippen LogP contribution < -0.4 is 14.8 Å². The van der Waals surface area contributed by atoms with Gasteiger partial charge in [0.25, 0.3) is 15.9 Å². The second-order valence-electron chi connectivity index (χ2n) is 12.7. The minimum Gasteiger partial charge on any atom is -0.477 e. The summed E-state index contributed by atoms with van der Waals surface area (Å²) in [5, 5.41) is 7.16. The molecule has 5 rings (SSSR count). The predicted octanol–water partition coefficient (Wildman–Crippen LogP) is 6.02. The van der Waals surface area contributed by atoms with E-state index in [1.165, 1.54) is 55.0 Å². The van der Waals surface area contributed by atoms with Crippen LogP contribution in [0.4, 0.5) is 5.82 Å². The van der Waals surface area contributed by atoms with Gasteiger partial charge in [-0.05, 0) is 92.4 Å². The fraction of sp³-hybridized carbons (Fsp3) is 0.533. The molecule has 1 atom stereocenters. The van der Waals surface area contributed by atoms with Gasteiger partial charge in [-0.3, -0.25) is 4.79 Å². The molecule has 3 aromatic heterocycles.